The van der Waals surface area contributed by atoms with Crippen molar-refractivity contribution in [2.45, 2.75) is 25.8 Å². The fraction of sp³-hybridized carbons (Fsp3) is 0.417. The standard InChI is InChI=1S/C12H16F2N2O/c1-2-9(15)5-6-16-12(17)10-4-3-8(13)7-11(10)14/h3-4,7,9H,2,5-6,15H2,1H3,(H,16,17). The van der Waals surface area contributed by atoms with E-state index >= 15 is 0 Å². The Balaban J connectivity index is 2.52. The molecule has 0 spiro atoms. The smallest absolute Gasteiger partial charge is 0.254 e. The summed E-state index contributed by atoms with van der Waals surface area (Å²) in [6.07, 6.45) is 1.45. The molecule has 0 saturated carbocycles. The molecule has 0 bridgehead atoms. The highest BCUT2D eigenvalue weighted by molar-refractivity contribution is 5.94. The summed E-state index contributed by atoms with van der Waals surface area (Å²) in [4.78, 5) is 11.5. The van der Waals surface area contributed by atoms with Gasteiger partial charge >= 0.3 is 0 Å². The van der Waals surface area contributed by atoms with E-state index in [2.05, 4.69) is 5.32 Å². The lowest BCUT2D eigenvalue weighted by molar-refractivity contribution is 0.0948. The van der Waals surface area contributed by atoms with E-state index in [9.17, 15) is 13.6 Å². The van der Waals surface area contributed by atoms with Gasteiger partial charge in [0.25, 0.3) is 5.91 Å². The largest absolute Gasteiger partial charge is 0.352 e. The number of halogens is 2. The summed E-state index contributed by atoms with van der Waals surface area (Å²) >= 11 is 0. The molecule has 1 aromatic carbocycles. The Morgan fingerprint density at radius 3 is 2.76 bits per heavy atom. The summed E-state index contributed by atoms with van der Waals surface area (Å²) in [7, 11) is 0. The van der Waals surface area contributed by atoms with Gasteiger partial charge in [0, 0.05) is 18.7 Å². The minimum absolute atomic E-state index is 0.0216. The lowest BCUT2D eigenvalue weighted by atomic mass is 10.1. The second-order valence-corrected chi connectivity index (χ2v) is 3.84. The van der Waals surface area contributed by atoms with Crippen LogP contribution in [0.15, 0.2) is 18.2 Å². The molecule has 0 fully saturated rings. The van der Waals surface area contributed by atoms with Gasteiger partial charge in [0.2, 0.25) is 0 Å². The minimum atomic E-state index is -0.859. The number of nitrogens with one attached hydrogen (secondary N) is 1. The van der Waals surface area contributed by atoms with Crippen LogP contribution in [-0.2, 0) is 0 Å². The average Bonchev–Trinajstić information content (AvgIpc) is 2.28. The van der Waals surface area contributed by atoms with Crippen LogP contribution in [0, 0.1) is 11.6 Å². The Bertz CT molecular complexity index is 396. The molecule has 1 amide bonds. The molecule has 3 nitrogen and oxygen atoms in total. The van der Waals surface area contributed by atoms with Crippen LogP contribution >= 0.6 is 0 Å². The van der Waals surface area contributed by atoms with E-state index in [-0.39, 0.29) is 11.6 Å². The zero-order valence-electron chi connectivity index (χ0n) is 9.67. The predicted molar refractivity (Wildman–Crippen MR) is 61.6 cm³/mol. The number of rotatable bonds is 5. The monoisotopic (exact) mass is 242 g/mol. The molecular formula is C12H16F2N2O. The molecule has 94 valence electrons. The van der Waals surface area contributed by atoms with Crippen LogP contribution in [0.4, 0.5) is 8.78 Å². The number of carbonyl (C=O) groups excluding carboxylic acids is 1. The van der Waals surface area contributed by atoms with Crippen LogP contribution in [0.25, 0.3) is 0 Å². The maximum absolute atomic E-state index is 13.2. The second kappa shape index (κ2) is 6.30. The van der Waals surface area contributed by atoms with E-state index in [1.54, 1.807) is 0 Å². The highest BCUT2D eigenvalue weighted by atomic mass is 19.1. The number of carbonyl (C=O) groups is 1. The molecule has 1 aromatic rings. The van der Waals surface area contributed by atoms with E-state index in [0.717, 1.165) is 18.6 Å². The first-order chi connectivity index (χ1) is 8.04. The number of hydrogen-bond acceptors (Lipinski definition) is 2. The Morgan fingerprint density at radius 1 is 1.47 bits per heavy atom. The van der Waals surface area contributed by atoms with Crippen molar-refractivity contribution in [3.63, 3.8) is 0 Å². The highest BCUT2D eigenvalue weighted by Gasteiger charge is 2.12. The quantitative estimate of drug-likeness (QED) is 0.827. The van der Waals surface area contributed by atoms with E-state index in [0.29, 0.717) is 19.0 Å². The maximum atomic E-state index is 13.2. The van der Waals surface area contributed by atoms with Gasteiger partial charge < -0.3 is 11.1 Å². The average molecular weight is 242 g/mol. The summed E-state index contributed by atoms with van der Waals surface area (Å²) in [5.74, 6) is -2.11. The predicted octanol–water partition coefficient (Wildman–Crippen LogP) is 1.82. The molecule has 1 unspecified atom stereocenters. The lowest BCUT2D eigenvalue weighted by Gasteiger charge is -2.09. The Hall–Kier alpha value is -1.49. The van der Waals surface area contributed by atoms with Gasteiger partial charge in [0.15, 0.2) is 0 Å². The Morgan fingerprint density at radius 2 is 2.18 bits per heavy atom. The van der Waals surface area contributed by atoms with Crippen molar-refractivity contribution < 1.29 is 13.6 Å². The molecule has 5 heteroatoms. The van der Waals surface area contributed by atoms with Crippen LogP contribution in [0.3, 0.4) is 0 Å². The molecule has 0 heterocycles. The number of nitrogens with two attached hydrogens (primary N) is 1. The van der Waals surface area contributed by atoms with Gasteiger partial charge in [-0.05, 0) is 25.0 Å². The van der Waals surface area contributed by atoms with Crippen LogP contribution in [-0.4, -0.2) is 18.5 Å². The third kappa shape index (κ3) is 4.11. The van der Waals surface area contributed by atoms with Crippen LogP contribution in [0.1, 0.15) is 30.1 Å². The van der Waals surface area contributed by atoms with Crippen molar-refractivity contribution in [1.82, 2.24) is 5.32 Å². The molecule has 0 aliphatic carbocycles. The lowest BCUT2D eigenvalue weighted by Crippen LogP contribution is -2.30. The summed E-state index contributed by atoms with van der Waals surface area (Å²) in [6.45, 7) is 2.33. The van der Waals surface area contributed by atoms with E-state index in [1.807, 2.05) is 6.92 Å². The van der Waals surface area contributed by atoms with Gasteiger partial charge in [-0.25, -0.2) is 8.78 Å². The zero-order chi connectivity index (χ0) is 12.8. The van der Waals surface area contributed by atoms with Gasteiger partial charge in [-0.2, -0.15) is 0 Å². The topological polar surface area (TPSA) is 55.1 Å². The van der Waals surface area contributed by atoms with Crippen LogP contribution < -0.4 is 11.1 Å². The van der Waals surface area contributed by atoms with Gasteiger partial charge in [0.05, 0.1) is 5.56 Å². The van der Waals surface area contributed by atoms with Crippen LogP contribution in [0.5, 0.6) is 0 Å². The van der Waals surface area contributed by atoms with Gasteiger partial charge in [-0.3, -0.25) is 4.79 Å². The summed E-state index contributed by atoms with van der Waals surface area (Å²) in [5, 5.41) is 2.54. The Kier molecular flexibility index (Phi) is 5.03. The van der Waals surface area contributed by atoms with Crippen molar-refractivity contribution in [2.75, 3.05) is 6.54 Å². The Labute approximate surface area is 99.0 Å². The molecule has 0 aromatic heterocycles. The molecule has 0 radical (unpaired) electrons. The SMILES string of the molecule is CCC(N)CCNC(=O)c1ccc(F)cc1F. The van der Waals surface area contributed by atoms with E-state index in [4.69, 9.17) is 5.73 Å². The van der Waals surface area contributed by atoms with Gasteiger partial charge in [0.1, 0.15) is 11.6 Å². The van der Waals surface area contributed by atoms with E-state index < -0.39 is 17.5 Å². The van der Waals surface area contributed by atoms with Crippen molar-refractivity contribution >= 4 is 5.91 Å². The second-order valence-electron chi connectivity index (χ2n) is 3.84. The maximum Gasteiger partial charge on any atom is 0.254 e. The third-order valence-corrected chi connectivity index (χ3v) is 2.50. The van der Waals surface area contributed by atoms with Crippen LogP contribution in [0.2, 0.25) is 0 Å². The summed E-state index contributed by atoms with van der Waals surface area (Å²) < 4.78 is 25.9. The number of hydrogen-bond donors (Lipinski definition) is 2. The fourth-order valence-corrected chi connectivity index (χ4v) is 1.34. The van der Waals surface area contributed by atoms with E-state index in [1.165, 1.54) is 0 Å². The fourth-order valence-electron chi connectivity index (χ4n) is 1.34. The number of amides is 1. The normalized spacial score (nSPS) is 12.2. The highest BCUT2D eigenvalue weighted by Crippen LogP contribution is 2.09. The summed E-state index contributed by atoms with van der Waals surface area (Å²) in [5.41, 5.74) is 5.52. The molecule has 0 saturated heterocycles. The first-order valence-electron chi connectivity index (χ1n) is 5.53. The summed E-state index contributed by atoms with van der Waals surface area (Å²) in [6, 6.07) is 2.88. The van der Waals surface area contributed by atoms with Crippen molar-refractivity contribution in [3.8, 4) is 0 Å². The van der Waals surface area contributed by atoms with Gasteiger partial charge in [-0.15, -0.1) is 0 Å². The molecule has 1 rings (SSSR count). The number of benzene rings is 1. The molecule has 0 aliphatic rings. The minimum Gasteiger partial charge on any atom is -0.352 e. The third-order valence-electron chi connectivity index (χ3n) is 2.50. The molecule has 3 N–H and O–H groups in total. The molecular weight excluding hydrogens is 226 g/mol. The van der Waals surface area contributed by atoms with Crippen molar-refractivity contribution in [1.29, 1.82) is 0 Å². The molecule has 1 atom stereocenters. The zero-order valence-corrected chi connectivity index (χ0v) is 9.67. The first-order valence-corrected chi connectivity index (χ1v) is 5.53. The van der Waals surface area contributed by atoms with Gasteiger partial charge in [-0.1, -0.05) is 6.92 Å². The van der Waals surface area contributed by atoms with Crippen molar-refractivity contribution in [2.24, 2.45) is 5.73 Å². The molecule has 0 aliphatic heterocycles. The molecule has 17 heavy (non-hydrogen) atoms. The van der Waals surface area contributed by atoms with Crippen molar-refractivity contribution in [3.05, 3.63) is 35.4 Å². The first kappa shape index (κ1) is 13.6.